The van der Waals surface area contributed by atoms with Crippen molar-refractivity contribution in [3.8, 4) is 11.4 Å². The molecule has 0 aliphatic heterocycles. The standard InChI is InChI=1S/C16H11F2N5O.C9H14O2/c1-7(24)23-3-2-9-14(19)21-15(22-16(9)23)11-6-20-13-10(11)4-8(17)5-12(13)18;10-9(11)8-5-6-1-3-7(8)4-2-6/h2-6,20H,1H3,(H2,19,21,22);6-8H,1-5H2,(H,10,11). The summed E-state index contributed by atoms with van der Waals surface area (Å²) in [7, 11) is 0. The summed E-state index contributed by atoms with van der Waals surface area (Å²) in [6, 6.07) is 3.63. The maximum atomic E-state index is 13.8. The molecule has 3 aromatic heterocycles. The van der Waals surface area contributed by atoms with Crippen LogP contribution >= 0.6 is 0 Å². The van der Waals surface area contributed by atoms with Gasteiger partial charge in [0.05, 0.1) is 16.8 Å². The zero-order valence-electron chi connectivity index (χ0n) is 19.1. The summed E-state index contributed by atoms with van der Waals surface area (Å²) in [6.45, 7) is 1.40. The number of carbonyl (C=O) groups excluding carboxylic acids is 1. The molecular formula is C25H25F2N5O3. The quantitative estimate of drug-likeness (QED) is 0.370. The van der Waals surface area contributed by atoms with Gasteiger partial charge in [0.1, 0.15) is 17.5 Å². The van der Waals surface area contributed by atoms with Gasteiger partial charge in [0.25, 0.3) is 0 Å². The number of benzene rings is 1. The number of fused-ring (bicyclic) bond motifs is 5. The first kappa shape index (κ1) is 22.9. The molecule has 182 valence electrons. The molecule has 3 heterocycles. The first-order chi connectivity index (χ1) is 16.7. The Morgan fingerprint density at radius 1 is 1.14 bits per heavy atom. The molecular weight excluding hydrogens is 456 g/mol. The number of aromatic amines is 1. The Bertz CT molecular complexity index is 1450. The number of hydrogen-bond donors (Lipinski definition) is 3. The first-order valence-corrected chi connectivity index (χ1v) is 11.6. The molecule has 7 rings (SSSR count). The number of nitrogen functional groups attached to an aromatic ring is 1. The molecule has 4 aromatic rings. The second-order valence-corrected chi connectivity index (χ2v) is 9.35. The van der Waals surface area contributed by atoms with Crippen LogP contribution < -0.4 is 5.73 Å². The van der Waals surface area contributed by atoms with Gasteiger partial charge in [-0.05, 0) is 43.2 Å². The molecule has 3 fully saturated rings. The monoisotopic (exact) mass is 481 g/mol. The normalized spacial score (nSPS) is 21.2. The number of nitrogens with one attached hydrogen (secondary N) is 1. The number of halogens is 2. The predicted molar refractivity (Wildman–Crippen MR) is 127 cm³/mol. The highest BCUT2D eigenvalue weighted by Crippen LogP contribution is 2.44. The van der Waals surface area contributed by atoms with Gasteiger partial charge in [0.15, 0.2) is 11.5 Å². The van der Waals surface area contributed by atoms with E-state index in [0.717, 1.165) is 18.4 Å². The fourth-order valence-corrected chi connectivity index (χ4v) is 5.43. The van der Waals surface area contributed by atoms with Crippen LogP contribution in [0.4, 0.5) is 14.6 Å². The molecule has 1 aromatic carbocycles. The van der Waals surface area contributed by atoms with Gasteiger partial charge >= 0.3 is 5.97 Å². The van der Waals surface area contributed by atoms with Gasteiger partial charge in [-0.3, -0.25) is 14.2 Å². The van der Waals surface area contributed by atoms with Crippen molar-refractivity contribution in [2.75, 3.05) is 5.73 Å². The molecule has 3 aliphatic carbocycles. The molecule has 1 unspecified atom stereocenters. The molecule has 35 heavy (non-hydrogen) atoms. The van der Waals surface area contributed by atoms with Crippen molar-refractivity contribution in [3.63, 3.8) is 0 Å². The van der Waals surface area contributed by atoms with Crippen LogP contribution in [0.25, 0.3) is 33.3 Å². The van der Waals surface area contributed by atoms with E-state index in [0.29, 0.717) is 27.9 Å². The summed E-state index contributed by atoms with van der Waals surface area (Å²) < 4.78 is 28.7. The Balaban J connectivity index is 0.000000192. The molecule has 3 saturated carbocycles. The van der Waals surface area contributed by atoms with E-state index in [1.165, 1.54) is 49.4 Å². The minimum Gasteiger partial charge on any atom is -0.481 e. The number of nitrogens with zero attached hydrogens (tertiary/aromatic N) is 3. The molecule has 3 aliphatic rings. The van der Waals surface area contributed by atoms with E-state index in [4.69, 9.17) is 10.8 Å². The largest absolute Gasteiger partial charge is 0.481 e. The third-order valence-electron chi connectivity index (χ3n) is 7.22. The summed E-state index contributed by atoms with van der Waals surface area (Å²) in [5.41, 5.74) is 6.84. The molecule has 0 saturated heterocycles. The Hall–Kier alpha value is -3.82. The second-order valence-electron chi connectivity index (χ2n) is 9.35. The minimum absolute atomic E-state index is 0.00231. The topological polar surface area (TPSA) is 127 Å². The molecule has 1 atom stereocenters. The van der Waals surface area contributed by atoms with Gasteiger partial charge in [0, 0.05) is 36.3 Å². The van der Waals surface area contributed by atoms with E-state index in [-0.39, 0.29) is 29.0 Å². The number of hydrogen-bond acceptors (Lipinski definition) is 5. The van der Waals surface area contributed by atoms with Crippen LogP contribution in [-0.2, 0) is 4.79 Å². The van der Waals surface area contributed by atoms with Crippen LogP contribution in [0.5, 0.6) is 0 Å². The van der Waals surface area contributed by atoms with E-state index >= 15 is 0 Å². The molecule has 10 heteroatoms. The van der Waals surface area contributed by atoms with Gasteiger partial charge in [-0.15, -0.1) is 0 Å². The average Bonchev–Trinajstić information content (AvgIpc) is 3.45. The highest BCUT2D eigenvalue weighted by Gasteiger charge is 2.39. The van der Waals surface area contributed by atoms with Crippen LogP contribution in [0.3, 0.4) is 0 Å². The lowest BCUT2D eigenvalue weighted by atomic mass is 9.65. The van der Waals surface area contributed by atoms with Crippen molar-refractivity contribution in [3.05, 3.63) is 42.2 Å². The van der Waals surface area contributed by atoms with Crippen LogP contribution in [0.2, 0.25) is 0 Å². The molecule has 2 bridgehead atoms. The van der Waals surface area contributed by atoms with E-state index in [2.05, 4.69) is 15.0 Å². The number of carboxylic acid groups (broad SMARTS) is 1. The fraction of sp³-hybridized carbons (Fsp3) is 0.360. The van der Waals surface area contributed by atoms with Crippen molar-refractivity contribution >= 4 is 39.6 Å². The van der Waals surface area contributed by atoms with Crippen molar-refractivity contribution < 1.29 is 23.5 Å². The number of aliphatic carboxylic acids is 1. The molecule has 4 N–H and O–H groups in total. The van der Waals surface area contributed by atoms with E-state index < -0.39 is 17.6 Å². The Morgan fingerprint density at radius 3 is 2.49 bits per heavy atom. The molecule has 0 amide bonds. The SMILES string of the molecule is CC(=O)n1ccc2c(N)nc(-c3c[nH]c4c(F)cc(F)cc34)nc21.O=C(O)C1CC2CCC1CC2. The highest BCUT2D eigenvalue weighted by atomic mass is 19.1. The van der Waals surface area contributed by atoms with Gasteiger partial charge in [-0.25, -0.2) is 18.7 Å². The Labute approximate surface area is 199 Å². The number of H-pyrrole nitrogens is 1. The van der Waals surface area contributed by atoms with Crippen molar-refractivity contribution in [2.45, 2.75) is 39.0 Å². The molecule has 8 nitrogen and oxygen atoms in total. The van der Waals surface area contributed by atoms with E-state index in [9.17, 15) is 18.4 Å². The minimum atomic E-state index is -0.711. The van der Waals surface area contributed by atoms with Crippen LogP contribution in [0, 0.1) is 29.4 Å². The Kier molecular flexibility index (Phi) is 5.74. The van der Waals surface area contributed by atoms with Crippen LogP contribution in [-0.4, -0.2) is 36.5 Å². The summed E-state index contributed by atoms with van der Waals surface area (Å²) in [5.74, 6) is -0.594. The second kappa shape index (κ2) is 8.75. The van der Waals surface area contributed by atoms with Crippen LogP contribution in [0.1, 0.15) is 43.8 Å². The zero-order chi connectivity index (χ0) is 24.9. The van der Waals surface area contributed by atoms with Gasteiger partial charge < -0.3 is 15.8 Å². The van der Waals surface area contributed by atoms with Gasteiger partial charge in [0.2, 0.25) is 5.91 Å². The molecule has 0 spiro atoms. The third-order valence-corrected chi connectivity index (χ3v) is 7.22. The number of anilines is 1. The lowest BCUT2D eigenvalue weighted by molar-refractivity contribution is -0.147. The van der Waals surface area contributed by atoms with E-state index in [1.54, 1.807) is 12.3 Å². The molecule has 0 radical (unpaired) electrons. The van der Waals surface area contributed by atoms with Gasteiger partial charge in [-0.2, -0.15) is 0 Å². The maximum absolute atomic E-state index is 13.8. The summed E-state index contributed by atoms with van der Waals surface area (Å²) in [4.78, 5) is 33.7. The number of nitrogens with two attached hydrogens (primary N) is 1. The first-order valence-electron chi connectivity index (χ1n) is 11.6. The number of rotatable bonds is 2. The summed E-state index contributed by atoms with van der Waals surface area (Å²) in [6.07, 6.45) is 8.90. The fourth-order valence-electron chi connectivity index (χ4n) is 5.43. The number of carbonyl (C=O) groups is 2. The van der Waals surface area contributed by atoms with Crippen LogP contribution in [0.15, 0.2) is 30.6 Å². The number of carboxylic acids is 1. The van der Waals surface area contributed by atoms with E-state index in [1.807, 2.05) is 0 Å². The third kappa shape index (κ3) is 4.13. The summed E-state index contributed by atoms with van der Waals surface area (Å²) in [5, 5.41) is 9.69. The predicted octanol–water partition coefficient (Wildman–Crippen LogP) is 5.00. The van der Waals surface area contributed by atoms with Crippen molar-refractivity contribution in [2.24, 2.45) is 17.8 Å². The van der Waals surface area contributed by atoms with Crippen molar-refractivity contribution in [1.29, 1.82) is 0 Å². The lowest BCUT2D eigenvalue weighted by Crippen LogP contribution is -2.35. The highest BCUT2D eigenvalue weighted by molar-refractivity contribution is 5.98. The van der Waals surface area contributed by atoms with Crippen molar-refractivity contribution in [1.82, 2.24) is 19.5 Å². The Morgan fingerprint density at radius 2 is 1.89 bits per heavy atom. The maximum Gasteiger partial charge on any atom is 0.306 e. The number of aromatic nitrogens is 4. The average molecular weight is 482 g/mol. The lowest BCUT2D eigenvalue weighted by Gasteiger charge is -2.40. The zero-order valence-corrected chi connectivity index (χ0v) is 19.1. The van der Waals surface area contributed by atoms with Gasteiger partial charge in [-0.1, -0.05) is 12.8 Å². The summed E-state index contributed by atoms with van der Waals surface area (Å²) >= 11 is 0. The smallest absolute Gasteiger partial charge is 0.306 e.